The van der Waals surface area contributed by atoms with E-state index >= 15 is 0 Å². The number of alkyl halides is 3. The Morgan fingerprint density at radius 2 is 1.75 bits per heavy atom. The molecule has 3 rings (SSSR count). The summed E-state index contributed by atoms with van der Waals surface area (Å²) in [4.78, 5) is 24.8. The highest BCUT2D eigenvalue weighted by molar-refractivity contribution is 6.29. The maximum absolute atomic E-state index is 12.6. The number of ether oxygens (including phenoxy) is 2. The molecular weight excluding hydrogens is 451 g/mol. The number of nitrogens with one attached hydrogen (secondary N) is 1. The second-order valence-corrected chi connectivity index (χ2v) is 6.85. The fourth-order valence-electron chi connectivity index (χ4n) is 2.34. The molecule has 0 aliphatic rings. The summed E-state index contributed by atoms with van der Waals surface area (Å²) in [5, 5.41) is 0.354. The van der Waals surface area contributed by atoms with Crippen LogP contribution in [-0.4, -0.2) is 22.0 Å². The first-order valence-corrected chi connectivity index (χ1v) is 9.58. The van der Waals surface area contributed by atoms with Crippen molar-refractivity contribution in [1.82, 2.24) is 15.4 Å². The van der Waals surface area contributed by atoms with Crippen molar-refractivity contribution in [2.45, 2.75) is 25.8 Å². The number of carbonyl (C=O) groups is 1. The van der Waals surface area contributed by atoms with E-state index in [1.54, 1.807) is 31.2 Å². The molecule has 2 aromatic heterocycles. The minimum Gasteiger partial charge on any atom is -0.481 e. The summed E-state index contributed by atoms with van der Waals surface area (Å²) in [6.45, 7) is 1.64. The van der Waals surface area contributed by atoms with E-state index in [-0.39, 0.29) is 12.5 Å². The summed E-state index contributed by atoms with van der Waals surface area (Å²) in [7, 11) is 0. The van der Waals surface area contributed by atoms with Gasteiger partial charge in [0.25, 0.3) is 5.91 Å². The minimum atomic E-state index is -4.47. The quantitative estimate of drug-likeness (QED) is 0.372. The second kappa shape index (κ2) is 10.3. The SMILES string of the molecule is CC(Oc1ccc(Oc2ccc(C(F)(F)F)cn2)cc1)C(=O)NOCc1ccc(Cl)nc1. The fraction of sp³-hybridized carbons (Fsp3) is 0.190. The van der Waals surface area contributed by atoms with Crippen LogP contribution in [0.1, 0.15) is 18.1 Å². The van der Waals surface area contributed by atoms with Crippen molar-refractivity contribution in [3.63, 3.8) is 0 Å². The standard InChI is InChI=1S/C21H17ClF3N3O4/c1-13(20(29)28-30-12-14-2-8-18(22)26-10-14)31-16-4-6-17(7-5-16)32-19-9-3-15(11-27-19)21(23,24)25/h2-11,13H,12H2,1H3,(H,28,29). The summed E-state index contributed by atoms with van der Waals surface area (Å²) < 4.78 is 48.7. The van der Waals surface area contributed by atoms with Crippen LogP contribution in [0.3, 0.4) is 0 Å². The highest BCUT2D eigenvalue weighted by Crippen LogP contribution is 2.30. The molecule has 168 valence electrons. The number of pyridine rings is 2. The van der Waals surface area contributed by atoms with Gasteiger partial charge >= 0.3 is 6.18 Å². The van der Waals surface area contributed by atoms with Gasteiger partial charge in [-0.3, -0.25) is 9.63 Å². The second-order valence-electron chi connectivity index (χ2n) is 6.46. The number of hydrogen-bond acceptors (Lipinski definition) is 6. The molecule has 7 nitrogen and oxygen atoms in total. The van der Waals surface area contributed by atoms with Crippen LogP contribution in [0.15, 0.2) is 60.9 Å². The molecule has 0 spiro atoms. The molecule has 1 unspecified atom stereocenters. The molecule has 0 bridgehead atoms. The Hall–Kier alpha value is -3.37. The molecule has 2 heterocycles. The molecule has 0 saturated heterocycles. The van der Waals surface area contributed by atoms with Gasteiger partial charge in [-0.2, -0.15) is 13.2 Å². The van der Waals surface area contributed by atoms with Crippen molar-refractivity contribution in [1.29, 1.82) is 0 Å². The van der Waals surface area contributed by atoms with E-state index in [2.05, 4.69) is 15.4 Å². The fourth-order valence-corrected chi connectivity index (χ4v) is 2.45. The Kier molecular flexibility index (Phi) is 7.49. The molecule has 1 atom stereocenters. The van der Waals surface area contributed by atoms with Gasteiger partial charge in [-0.1, -0.05) is 17.7 Å². The summed E-state index contributed by atoms with van der Waals surface area (Å²) in [6.07, 6.45) is -3.11. The molecule has 11 heteroatoms. The lowest BCUT2D eigenvalue weighted by atomic mass is 10.3. The number of aromatic nitrogens is 2. The Bertz CT molecular complexity index is 1030. The zero-order valence-corrected chi connectivity index (χ0v) is 17.4. The molecule has 0 radical (unpaired) electrons. The van der Waals surface area contributed by atoms with Crippen LogP contribution in [0.5, 0.6) is 17.4 Å². The Morgan fingerprint density at radius 1 is 1.03 bits per heavy atom. The van der Waals surface area contributed by atoms with Crippen LogP contribution < -0.4 is 15.0 Å². The van der Waals surface area contributed by atoms with Gasteiger partial charge in [-0.25, -0.2) is 15.4 Å². The molecule has 1 amide bonds. The van der Waals surface area contributed by atoms with Crippen molar-refractivity contribution in [2.75, 3.05) is 0 Å². The van der Waals surface area contributed by atoms with Crippen LogP contribution >= 0.6 is 11.6 Å². The highest BCUT2D eigenvalue weighted by Gasteiger charge is 2.30. The van der Waals surface area contributed by atoms with E-state index < -0.39 is 23.8 Å². The van der Waals surface area contributed by atoms with Crippen LogP contribution in [0.25, 0.3) is 0 Å². The smallest absolute Gasteiger partial charge is 0.417 e. The highest BCUT2D eigenvalue weighted by atomic mass is 35.5. The van der Waals surface area contributed by atoms with Gasteiger partial charge in [0.15, 0.2) is 6.10 Å². The van der Waals surface area contributed by atoms with Gasteiger partial charge in [0, 0.05) is 18.5 Å². The number of halogens is 4. The van der Waals surface area contributed by atoms with Gasteiger partial charge in [0.2, 0.25) is 5.88 Å². The van der Waals surface area contributed by atoms with E-state index in [0.717, 1.165) is 17.7 Å². The first kappa shape index (κ1) is 23.3. The molecule has 0 aliphatic heterocycles. The van der Waals surface area contributed by atoms with E-state index in [1.807, 2.05) is 0 Å². The Balaban J connectivity index is 1.46. The average molecular weight is 468 g/mol. The van der Waals surface area contributed by atoms with Gasteiger partial charge in [0.05, 0.1) is 5.56 Å². The van der Waals surface area contributed by atoms with E-state index in [0.29, 0.717) is 22.8 Å². The van der Waals surface area contributed by atoms with Gasteiger partial charge in [-0.15, -0.1) is 0 Å². The molecule has 0 saturated carbocycles. The molecule has 32 heavy (non-hydrogen) atoms. The number of hydroxylamine groups is 1. The van der Waals surface area contributed by atoms with E-state index in [9.17, 15) is 18.0 Å². The zero-order valence-electron chi connectivity index (χ0n) is 16.6. The molecule has 1 N–H and O–H groups in total. The Labute approximate surface area is 186 Å². The first-order valence-electron chi connectivity index (χ1n) is 9.20. The van der Waals surface area contributed by atoms with Crippen LogP contribution in [-0.2, 0) is 22.4 Å². The van der Waals surface area contributed by atoms with Gasteiger partial charge < -0.3 is 9.47 Å². The van der Waals surface area contributed by atoms with Crippen molar-refractivity contribution in [3.8, 4) is 17.4 Å². The van der Waals surface area contributed by atoms with Crippen LogP contribution in [0.2, 0.25) is 5.15 Å². The Morgan fingerprint density at radius 3 is 2.34 bits per heavy atom. The third-order valence-corrected chi connectivity index (χ3v) is 4.22. The summed E-state index contributed by atoms with van der Waals surface area (Å²) in [5.41, 5.74) is 2.14. The number of carbonyl (C=O) groups excluding carboxylic acids is 1. The van der Waals surface area contributed by atoms with Crippen molar-refractivity contribution >= 4 is 17.5 Å². The topological polar surface area (TPSA) is 82.6 Å². The predicted molar refractivity (Wildman–Crippen MR) is 108 cm³/mol. The normalized spacial score (nSPS) is 12.2. The number of rotatable bonds is 8. The van der Waals surface area contributed by atoms with Gasteiger partial charge in [-0.05, 0) is 48.9 Å². The summed E-state index contributed by atoms with van der Waals surface area (Å²) >= 11 is 5.70. The summed E-state index contributed by atoms with van der Waals surface area (Å²) in [5.74, 6) is 0.220. The number of nitrogens with zero attached hydrogens (tertiary/aromatic N) is 2. The molecule has 3 aromatic rings. The van der Waals surface area contributed by atoms with Crippen molar-refractivity contribution in [3.05, 3.63) is 77.2 Å². The number of benzene rings is 1. The van der Waals surface area contributed by atoms with Crippen LogP contribution in [0.4, 0.5) is 13.2 Å². The van der Waals surface area contributed by atoms with Crippen molar-refractivity contribution < 1.29 is 32.3 Å². The minimum absolute atomic E-state index is 0.00690. The molecular formula is C21H17ClF3N3O4. The molecule has 0 aliphatic carbocycles. The molecule has 0 fully saturated rings. The monoisotopic (exact) mass is 467 g/mol. The third kappa shape index (κ3) is 6.82. The number of hydrogen-bond donors (Lipinski definition) is 1. The first-order chi connectivity index (χ1) is 15.2. The lowest BCUT2D eigenvalue weighted by Gasteiger charge is -2.15. The summed E-state index contributed by atoms with van der Waals surface area (Å²) in [6, 6.07) is 11.5. The maximum Gasteiger partial charge on any atom is 0.417 e. The van der Waals surface area contributed by atoms with Gasteiger partial charge in [0.1, 0.15) is 23.3 Å². The van der Waals surface area contributed by atoms with Crippen LogP contribution in [0, 0.1) is 0 Å². The zero-order chi connectivity index (χ0) is 23.1. The van der Waals surface area contributed by atoms with Crippen molar-refractivity contribution in [2.24, 2.45) is 0 Å². The van der Waals surface area contributed by atoms with E-state index in [1.165, 1.54) is 18.3 Å². The van der Waals surface area contributed by atoms with E-state index in [4.69, 9.17) is 25.9 Å². The third-order valence-electron chi connectivity index (χ3n) is 3.99. The maximum atomic E-state index is 12.6. The lowest BCUT2D eigenvalue weighted by molar-refractivity contribution is -0.141. The number of amides is 1. The lowest BCUT2D eigenvalue weighted by Crippen LogP contribution is -2.36. The largest absolute Gasteiger partial charge is 0.481 e. The average Bonchev–Trinajstić information content (AvgIpc) is 2.76. The molecule has 1 aromatic carbocycles. The predicted octanol–water partition coefficient (Wildman–Crippen LogP) is 4.96.